The van der Waals surface area contributed by atoms with Gasteiger partial charge in [-0.2, -0.15) is 17.8 Å². The van der Waals surface area contributed by atoms with Crippen molar-refractivity contribution < 1.29 is 0 Å². The van der Waals surface area contributed by atoms with Gasteiger partial charge in [0.1, 0.15) is 0 Å². The molecule has 0 N–H and O–H groups in total. The van der Waals surface area contributed by atoms with E-state index in [1.165, 1.54) is 3.01 Å². The van der Waals surface area contributed by atoms with Gasteiger partial charge in [0, 0.05) is 0 Å². The van der Waals surface area contributed by atoms with Gasteiger partial charge < -0.3 is 0 Å². The fourth-order valence-electron chi connectivity index (χ4n) is 0.514. The lowest BCUT2D eigenvalue weighted by Crippen LogP contribution is -2.04. The summed E-state index contributed by atoms with van der Waals surface area (Å²) in [6, 6.07) is 4.15. The van der Waals surface area contributed by atoms with Gasteiger partial charge in [0.15, 0.2) is 0 Å². The van der Waals surface area contributed by atoms with Crippen LogP contribution in [-0.2, 0) is 0 Å². The Morgan fingerprint density at radius 2 is 2.44 bits per heavy atom. The molecule has 0 aliphatic rings. The summed E-state index contributed by atoms with van der Waals surface area (Å²) in [5, 5.41) is 2.07. The van der Waals surface area contributed by atoms with Crippen molar-refractivity contribution in [1.82, 2.24) is 0 Å². The summed E-state index contributed by atoms with van der Waals surface area (Å²) in [7, 11) is 0. The van der Waals surface area contributed by atoms with E-state index in [4.69, 9.17) is 6.42 Å². The van der Waals surface area contributed by atoms with Gasteiger partial charge in [-0.25, -0.2) is 0 Å². The standard InChI is InChI=1S/C4H3S.C2H.ClH.Mg/c1-2-4-5-3-1;1-2;;/h1-3H;1H;1H;. The molecule has 9 heavy (non-hydrogen) atoms. The summed E-state index contributed by atoms with van der Waals surface area (Å²) in [6.45, 7) is 0. The first-order chi connectivity index (χ1) is 3.93. The van der Waals surface area contributed by atoms with Crippen LogP contribution in [0.3, 0.4) is 0 Å². The minimum atomic E-state index is -0.313. The van der Waals surface area contributed by atoms with Gasteiger partial charge >= 0.3 is 20.4 Å². The van der Waals surface area contributed by atoms with E-state index in [0.29, 0.717) is 0 Å². The average Bonchev–Trinajstić information content (AvgIpc) is 2.19. The normalized spacial score (nSPS) is 6.56. The zero-order valence-electron chi connectivity index (χ0n) is 4.83. The summed E-state index contributed by atoms with van der Waals surface area (Å²) in [5.74, 6) is 0. The Morgan fingerprint density at radius 3 is 2.89 bits per heavy atom. The van der Waals surface area contributed by atoms with Crippen molar-refractivity contribution in [3.8, 4) is 10.5 Å². The first kappa shape index (κ1) is 9.32. The van der Waals surface area contributed by atoms with Crippen LogP contribution in [0.25, 0.3) is 0 Å². The van der Waals surface area contributed by atoms with E-state index in [0.717, 1.165) is 0 Å². The van der Waals surface area contributed by atoms with Crippen molar-refractivity contribution in [3.63, 3.8) is 0 Å². The van der Waals surface area contributed by atoms with E-state index in [1.807, 2.05) is 6.07 Å². The van der Waals surface area contributed by atoms with Gasteiger partial charge in [0.05, 0.1) is 0 Å². The van der Waals surface area contributed by atoms with E-state index < -0.39 is 0 Å². The molecule has 0 amide bonds. The molecule has 0 bridgehead atoms. The second kappa shape index (κ2) is 5.13. The van der Waals surface area contributed by atoms with Crippen LogP contribution in [0.4, 0.5) is 0 Å². The molecule has 0 aromatic carbocycles. The third-order valence-corrected chi connectivity index (χ3v) is 3.31. The molecule has 0 radical (unpaired) electrons. The summed E-state index contributed by atoms with van der Waals surface area (Å²) >= 11 is 1.45. The van der Waals surface area contributed by atoms with E-state index >= 15 is 0 Å². The molecule has 1 aromatic rings. The van der Waals surface area contributed by atoms with Crippen molar-refractivity contribution in [3.05, 3.63) is 17.5 Å². The maximum Gasteiger partial charge on any atom is 0.530 e. The van der Waals surface area contributed by atoms with Crippen LogP contribution < -0.4 is 3.01 Å². The highest BCUT2D eigenvalue weighted by Crippen LogP contribution is 1.89. The molecule has 0 saturated carbocycles. The van der Waals surface area contributed by atoms with Crippen molar-refractivity contribution in [2.24, 2.45) is 0 Å². The molecule has 0 aliphatic carbocycles. The van der Waals surface area contributed by atoms with Gasteiger partial charge in [-0.1, -0.05) is 12.1 Å². The van der Waals surface area contributed by atoms with E-state index in [1.54, 1.807) is 11.3 Å². The molecule has 0 nitrogen and oxygen atoms in total. The van der Waals surface area contributed by atoms with Crippen LogP contribution in [0.2, 0.25) is 0 Å². The molecule has 3 heteroatoms. The number of hydrogen-bond acceptors (Lipinski definition) is 1. The van der Waals surface area contributed by atoms with Crippen molar-refractivity contribution in [2.45, 2.75) is 0 Å². The monoisotopic (exact) mass is 168 g/mol. The molecule has 0 saturated heterocycles. The SMILES string of the molecule is C#[C][Mg][c]1cccs1.Cl. The second-order valence-corrected chi connectivity index (χ2v) is 4.53. The lowest BCUT2D eigenvalue weighted by Gasteiger charge is -1.75. The highest BCUT2D eigenvalue weighted by atomic mass is 35.5. The predicted octanol–water partition coefficient (Wildman–Crippen LogP) is 1.09. The van der Waals surface area contributed by atoms with Gasteiger partial charge in [-0.05, 0) is 5.38 Å². The Bertz CT molecular complexity index is 187. The van der Waals surface area contributed by atoms with Gasteiger partial charge in [-0.3, -0.25) is 4.05 Å². The van der Waals surface area contributed by atoms with Crippen molar-refractivity contribution >= 4 is 47.1 Å². The van der Waals surface area contributed by atoms with Crippen molar-refractivity contribution in [2.75, 3.05) is 0 Å². The van der Waals surface area contributed by atoms with Gasteiger partial charge in [0.2, 0.25) is 0 Å². The minimum Gasteiger partial charge on any atom is -0.269 e. The van der Waals surface area contributed by atoms with Crippen LogP contribution in [-0.4, -0.2) is 20.4 Å². The number of hydrogen-bond donors (Lipinski definition) is 0. The second-order valence-electron chi connectivity index (χ2n) is 1.46. The summed E-state index contributed by atoms with van der Waals surface area (Å²) in [6.07, 6.45) is 5.14. The Morgan fingerprint density at radius 1 is 1.67 bits per heavy atom. The maximum atomic E-state index is 5.14. The third kappa shape index (κ3) is 3.12. The first-order valence-corrected chi connectivity index (χ1v) is 4.68. The predicted molar refractivity (Wildman–Crippen MR) is 45.8 cm³/mol. The number of halogens is 1. The van der Waals surface area contributed by atoms with Crippen LogP contribution >= 0.6 is 23.7 Å². The summed E-state index contributed by atoms with van der Waals surface area (Å²) in [5.41, 5.74) is 0. The molecule has 1 aromatic heterocycles. The fourth-order valence-corrected chi connectivity index (χ4v) is 2.33. The molecule has 0 unspecified atom stereocenters. The van der Waals surface area contributed by atoms with Crippen LogP contribution in [0.1, 0.15) is 0 Å². The quantitative estimate of drug-likeness (QED) is 0.436. The highest BCUT2D eigenvalue weighted by molar-refractivity contribution is 7.20. The summed E-state index contributed by atoms with van der Waals surface area (Å²) < 4.78 is 4.13. The lowest BCUT2D eigenvalue weighted by molar-refractivity contribution is 2.07. The van der Waals surface area contributed by atoms with Crippen molar-refractivity contribution in [1.29, 1.82) is 0 Å². The Hall–Kier alpha value is 0.316. The topological polar surface area (TPSA) is 0 Å². The van der Waals surface area contributed by atoms with Crippen LogP contribution in [0, 0.1) is 10.5 Å². The number of rotatable bonds is 1. The number of thiophene rings is 1. The zero-order chi connectivity index (χ0) is 5.82. The van der Waals surface area contributed by atoms with Gasteiger partial charge in [-0.15, -0.1) is 15.4 Å². The lowest BCUT2D eigenvalue weighted by atomic mass is 10.7. The summed E-state index contributed by atoms with van der Waals surface area (Å²) in [4.78, 5) is 0. The van der Waals surface area contributed by atoms with Crippen LogP contribution in [0.5, 0.6) is 0 Å². The molecule has 0 spiro atoms. The molecule has 0 fully saturated rings. The molecular weight excluding hydrogens is 164 g/mol. The Labute approximate surface area is 74.8 Å². The van der Waals surface area contributed by atoms with E-state index in [9.17, 15) is 0 Å². The third-order valence-electron chi connectivity index (χ3n) is 0.856. The highest BCUT2D eigenvalue weighted by Gasteiger charge is 1.93. The largest absolute Gasteiger partial charge is 0.530 e. The fraction of sp³-hybridized carbons (Fsp3) is 0. The maximum absolute atomic E-state index is 5.14. The van der Waals surface area contributed by atoms with E-state index in [2.05, 4.69) is 15.5 Å². The molecular formula is C6H5ClMgS. The Kier molecular flexibility index (Phi) is 5.31. The molecule has 44 valence electrons. The zero-order valence-corrected chi connectivity index (χ0v) is 7.88. The minimum absolute atomic E-state index is 0. The average molecular weight is 169 g/mol. The first-order valence-electron chi connectivity index (χ1n) is 2.39. The molecule has 1 heterocycles. The number of terminal acetylenes is 1. The smallest absolute Gasteiger partial charge is 0.269 e. The molecule has 0 aliphatic heterocycles. The van der Waals surface area contributed by atoms with E-state index in [-0.39, 0.29) is 32.8 Å². The van der Waals surface area contributed by atoms with Crippen LogP contribution in [0.15, 0.2) is 17.5 Å². The Balaban J connectivity index is 0.000000640. The molecule has 1 rings (SSSR count). The molecule has 0 atom stereocenters. The van der Waals surface area contributed by atoms with Gasteiger partial charge in [0.25, 0.3) is 0 Å².